The Morgan fingerprint density at radius 3 is 2.61 bits per heavy atom. The first-order valence-electron chi connectivity index (χ1n) is 6.77. The number of hydrogen-bond donors (Lipinski definition) is 1. The smallest absolute Gasteiger partial charge is 0.131 e. The van der Waals surface area contributed by atoms with Crippen molar-refractivity contribution in [2.75, 3.05) is 14.2 Å². The van der Waals surface area contributed by atoms with Gasteiger partial charge in [0.2, 0.25) is 0 Å². The molecule has 0 amide bonds. The first-order chi connectivity index (χ1) is 8.76. The van der Waals surface area contributed by atoms with Crippen LogP contribution in [0.25, 0.3) is 0 Å². The third-order valence-electron chi connectivity index (χ3n) is 4.71. The lowest BCUT2D eigenvalue weighted by Crippen LogP contribution is -2.21. The second kappa shape index (κ2) is 4.54. The van der Waals surface area contributed by atoms with Gasteiger partial charge in [0.05, 0.1) is 7.11 Å². The zero-order chi connectivity index (χ0) is 12.7. The van der Waals surface area contributed by atoms with Crippen molar-refractivity contribution < 1.29 is 9.13 Å². The predicted molar refractivity (Wildman–Crippen MR) is 69.1 cm³/mol. The lowest BCUT2D eigenvalue weighted by Gasteiger charge is -2.19. The van der Waals surface area contributed by atoms with Gasteiger partial charge < -0.3 is 10.1 Å². The number of benzene rings is 1. The third-order valence-corrected chi connectivity index (χ3v) is 4.71. The SMILES string of the molecule is CNC(c1ccc(OC)cc1F)C1C2CCCC21. The molecule has 2 saturated carbocycles. The molecule has 3 unspecified atom stereocenters. The van der Waals surface area contributed by atoms with Crippen LogP contribution in [0.5, 0.6) is 5.75 Å². The van der Waals surface area contributed by atoms with Crippen molar-refractivity contribution in [1.82, 2.24) is 5.32 Å². The summed E-state index contributed by atoms with van der Waals surface area (Å²) in [5.41, 5.74) is 0.790. The van der Waals surface area contributed by atoms with E-state index in [2.05, 4.69) is 5.32 Å². The fourth-order valence-corrected chi connectivity index (χ4v) is 3.81. The maximum absolute atomic E-state index is 14.1. The van der Waals surface area contributed by atoms with Gasteiger partial charge in [0, 0.05) is 17.7 Å². The summed E-state index contributed by atoms with van der Waals surface area (Å²) >= 11 is 0. The van der Waals surface area contributed by atoms with Gasteiger partial charge in [-0.3, -0.25) is 0 Å². The standard InChI is InChI=1S/C15H20FNO/c1-17-15(14-10-4-3-5-11(10)14)12-7-6-9(18-2)8-13(12)16/h6-8,10-11,14-15,17H,3-5H2,1-2H3. The van der Waals surface area contributed by atoms with Gasteiger partial charge in [-0.1, -0.05) is 12.5 Å². The molecule has 0 saturated heterocycles. The number of rotatable bonds is 4. The predicted octanol–water partition coefficient (Wildman–Crippen LogP) is 3.14. The van der Waals surface area contributed by atoms with Crippen LogP contribution in [0.15, 0.2) is 18.2 Å². The molecule has 0 radical (unpaired) electrons. The fourth-order valence-electron chi connectivity index (χ4n) is 3.81. The number of ether oxygens (including phenoxy) is 1. The molecule has 3 heteroatoms. The maximum Gasteiger partial charge on any atom is 0.131 e. The van der Waals surface area contributed by atoms with E-state index in [0.29, 0.717) is 11.7 Å². The summed E-state index contributed by atoms with van der Waals surface area (Å²) in [6.45, 7) is 0. The summed E-state index contributed by atoms with van der Waals surface area (Å²) in [6.07, 6.45) is 4.00. The van der Waals surface area contributed by atoms with Crippen molar-refractivity contribution in [3.8, 4) is 5.75 Å². The maximum atomic E-state index is 14.1. The van der Waals surface area contributed by atoms with Gasteiger partial charge in [-0.05, 0) is 43.7 Å². The van der Waals surface area contributed by atoms with Crippen molar-refractivity contribution >= 4 is 0 Å². The minimum absolute atomic E-state index is 0.154. The molecule has 2 aliphatic carbocycles. The summed E-state index contributed by atoms with van der Waals surface area (Å²) < 4.78 is 19.2. The minimum atomic E-state index is -0.154. The Kier molecular flexibility index (Phi) is 3.02. The monoisotopic (exact) mass is 249 g/mol. The van der Waals surface area contributed by atoms with Gasteiger partial charge in [-0.15, -0.1) is 0 Å². The van der Waals surface area contributed by atoms with E-state index < -0.39 is 0 Å². The molecule has 1 aromatic carbocycles. The second-order valence-electron chi connectivity index (χ2n) is 5.49. The highest BCUT2D eigenvalue weighted by atomic mass is 19.1. The summed E-state index contributed by atoms with van der Waals surface area (Å²) in [5, 5.41) is 3.31. The molecular formula is C15H20FNO. The first-order valence-corrected chi connectivity index (χ1v) is 6.77. The minimum Gasteiger partial charge on any atom is -0.497 e. The largest absolute Gasteiger partial charge is 0.497 e. The van der Waals surface area contributed by atoms with E-state index in [-0.39, 0.29) is 11.9 Å². The average molecular weight is 249 g/mol. The van der Waals surface area contributed by atoms with Crippen LogP contribution in [-0.4, -0.2) is 14.2 Å². The van der Waals surface area contributed by atoms with Crippen LogP contribution < -0.4 is 10.1 Å². The Bertz CT molecular complexity index is 438. The Hall–Kier alpha value is -1.09. The molecule has 2 aliphatic rings. The Balaban J connectivity index is 1.83. The van der Waals surface area contributed by atoms with Crippen molar-refractivity contribution in [3.05, 3.63) is 29.6 Å². The lowest BCUT2D eigenvalue weighted by molar-refractivity contribution is 0.403. The molecule has 2 fully saturated rings. The van der Waals surface area contributed by atoms with Gasteiger partial charge in [0.25, 0.3) is 0 Å². The normalized spacial score (nSPS) is 30.9. The molecular weight excluding hydrogens is 229 g/mol. The highest BCUT2D eigenvalue weighted by Crippen LogP contribution is 2.62. The molecule has 98 valence electrons. The molecule has 18 heavy (non-hydrogen) atoms. The van der Waals surface area contributed by atoms with Gasteiger partial charge in [0.15, 0.2) is 0 Å². The summed E-state index contributed by atoms with van der Waals surface area (Å²) in [6, 6.07) is 5.36. The molecule has 1 N–H and O–H groups in total. The average Bonchev–Trinajstić information content (AvgIpc) is 2.85. The Morgan fingerprint density at radius 1 is 1.33 bits per heavy atom. The quantitative estimate of drug-likeness (QED) is 0.885. The van der Waals surface area contributed by atoms with Crippen LogP contribution in [0.3, 0.4) is 0 Å². The molecule has 0 aromatic heterocycles. The Morgan fingerprint density at radius 2 is 2.06 bits per heavy atom. The van der Waals surface area contributed by atoms with Crippen molar-refractivity contribution in [3.63, 3.8) is 0 Å². The molecule has 3 atom stereocenters. The molecule has 2 nitrogen and oxygen atoms in total. The summed E-state index contributed by atoms with van der Waals surface area (Å²) in [5.74, 6) is 2.71. The van der Waals surface area contributed by atoms with E-state index in [1.54, 1.807) is 7.11 Å². The molecule has 3 rings (SSSR count). The topological polar surface area (TPSA) is 21.3 Å². The number of methoxy groups -OCH3 is 1. The summed E-state index contributed by atoms with van der Waals surface area (Å²) in [7, 11) is 3.50. The Labute approximate surface area is 108 Å². The number of fused-ring (bicyclic) bond motifs is 1. The molecule has 0 bridgehead atoms. The van der Waals surface area contributed by atoms with E-state index in [4.69, 9.17) is 4.74 Å². The van der Waals surface area contributed by atoms with E-state index in [0.717, 1.165) is 17.4 Å². The van der Waals surface area contributed by atoms with Crippen LogP contribution in [0.4, 0.5) is 4.39 Å². The van der Waals surface area contributed by atoms with E-state index in [9.17, 15) is 4.39 Å². The fraction of sp³-hybridized carbons (Fsp3) is 0.600. The number of nitrogens with one attached hydrogen (secondary N) is 1. The van der Waals surface area contributed by atoms with Crippen LogP contribution in [-0.2, 0) is 0 Å². The molecule has 0 spiro atoms. The second-order valence-corrected chi connectivity index (χ2v) is 5.49. The van der Waals surface area contributed by atoms with Gasteiger partial charge >= 0.3 is 0 Å². The van der Waals surface area contributed by atoms with Gasteiger partial charge in [-0.25, -0.2) is 4.39 Å². The van der Waals surface area contributed by atoms with Crippen LogP contribution in [0.2, 0.25) is 0 Å². The van der Waals surface area contributed by atoms with Crippen LogP contribution in [0, 0.1) is 23.6 Å². The van der Waals surface area contributed by atoms with Crippen molar-refractivity contribution in [2.45, 2.75) is 25.3 Å². The van der Waals surface area contributed by atoms with Crippen molar-refractivity contribution in [1.29, 1.82) is 0 Å². The molecule has 0 heterocycles. The van der Waals surface area contributed by atoms with E-state index in [1.165, 1.54) is 25.3 Å². The highest BCUT2D eigenvalue weighted by Gasteiger charge is 2.56. The number of halogens is 1. The lowest BCUT2D eigenvalue weighted by atomic mass is 9.96. The number of hydrogen-bond acceptors (Lipinski definition) is 2. The van der Waals surface area contributed by atoms with Crippen LogP contribution in [0.1, 0.15) is 30.9 Å². The molecule has 0 aliphatic heterocycles. The summed E-state index contributed by atoms with van der Waals surface area (Å²) in [4.78, 5) is 0. The van der Waals surface area contributed by atoms with E-state index in [1.807, 2.05) is 19.2 Å². The van der Waals surface area contributed by atoms with Gasteiger partial charge in [0.1, 0.15) is 11.6 Å². The molecule has 1 aromatic rings. The zero-order valence-corrected chi connectivity index (χ0v) is 10.9. The highest BCUT2D eigenvalue weighted by molar-refractivity contribution is 5.32. The first kappa shape index (κ1) is 12.0. The zero-order valence-electron chi connectivity index (χ0n) is 10.9. The van der Waals surface area contributed by atoms with Gasteiger partial charge in [-0.2, -0.15) is 0 Å². The van der Waals surface area contributed by atoms with E-state index >= 15 is 0 Å². The van der Waals surface area contributed by atoms with Crippen molar-refractivity contribution in [2.24, 2.45) is 17.8 Å². The van der Waals surface area contributed by atoms with Crippen LogP contribution >= 0.6 is 0 Å². The third kappa shape index (κ3) is 1.81.